The number of nitrogens with zero attached hydrogens (tertiary/aromatic N) is 3. The standard InChI is InChI=1S/C18H37N5O/c1-5-17(24)23-14-11-16(15-23)21-18(19-6-2)20-12-9-10-13-22(7-3)8-4/h16H,5-15H2,1-4H3,(H2,19,20,21). The number of amides is 1. The number of likely N-dealkylation sites (tertiary alicyclic amines) is 1. The van der Waals surface area contributed by atoms with Gasteiger partial charge in [-0.05, 0) is 45.8 Å². The molecule has 1 atom stereocenters. The molecule has 0 aromatic heterocycles. The Bertz CT molecular complexity index is 382. The maximum Gasteiger partial charge on any atom is 0.222 e. The van der Waals surface area contributed by atoms with Crippen molar-refractivity contribution in [2.45, 2.75) is 59.4 Å². The van der Waals surface area contributed by atoms with Crippen molar-refractivity contribution in [2.75, 3.05) is 45.8 Å². The lowest BCUT2D eigenvalue weighted by molar-refractivity contribution is -0.129. The van der Waals surface area contributed by atoms with Crippen LogP contribution in [0.4, 0.5) is 0 Å². The fraction of sp³-hybridized carbons (Fsp3) is 0.889. The summed E-state index contributed by atoms with van der Waals surface area (Å²) in [6.07, 6.45) is 3.89. The van der Waals surface area contributed by atoms with E-state index in [2.05, 4.69) is 41.3 Å². The van der Waals surface area contributed by atoms with Gasteiger partial charge in [0.15, 0.2) is 5.96 Å². The molecule has 1 heterocycles. The van der Waals surface area contributed by atoms with Gasteiger partial charge in [0.05, 0.1) is 0 Å². The monoisotopic (exact) mass is 339 g/mol. The van der Waals surface area contributed by atoms with Gasteiger partial charge >= 0.3 is 0 Å². The minimum absolute atomic E-state index is 0.248. The Morgan fingerprint density at radius 1 is 1.21 bits per heavy atom. The number of guanidine groups is 1. The molecule has 0 bridgehead atoms. The minimum Gasteiger partial charge on any atom is -0.357 e. The molecule has 6 heteroatoms. The van der Waals surface area contributed by atoms with Gasteiger partial charge in [-0.1, -0.05) is 20.8 Å². The highest BCUT2D eigenvalue weighted by atomic mass is 16.2. The van der Waals surface area contributed by atoms with Crippen LogP contribution in [-0.4, -0.2) is 73.5 Å². The van der Waals surface area contributed by atoms with Crippen molar-refractivity contribution in [3.63, 3.8) is 0 Å². The van der Waals surface area contributed by atoms with E-state index in [4.69, 9.17) is 0 Å². The number of carbonyl (C=O) groups is 1. The van der Waals surface area contributed by atoms with Gasteiger partial charge in [0.25, 0.3) is 0 Å². The van der Waals surface area contributed by atoms with E-state index in [0.717, 1.165) is 64.6 Å². The SMILES string of the molecule is CCNC(=NCCCCN(CC)CC)NC1CCN(C(=O)CC)C1. The minimum atomic E-state index is 0.248. The number of unbranched alkanes of at least 4 members (excludes halogenated alkanes) is 1. The van der Waals surface area contributed by atoms with Crippen LogP contribution in [0.5, 0.6) is 0 Å². The Morgan fingerprint density at radius 3 is 2.58 bits per heavy atom. The van der Waals surface area contributed by atoms with Crippen molar-refractivity contribution in [3.05, 3.63) is 0 Å². The molecule has 0 radical (unpaired) electrons. The number of aliphatic imine (C=N–C) groups is 1. The molecule has 1 aliphatic heterocycles. The first-order valence-corrected chi connectivity index (χ1v) is 9.69. The summed E-state index contributed by atoms with van der Waals surface area (Å²) in [6, 6.07) is 0.314. The molecule has 1 fully saturated rings. The lowest BCUT2D eigenvalue weighted by atomic mass is 10.2. The second-order valence-electron chi connectivity index (χ2n) is 6.32. The van der Waals surface area contributed by atoms with Crippen LogP contribution in [0.15, 0.2) is 4.99 Å². The van der Waals surface area contributed by atoms with Gasteiger partial charge in [0, 0.05) is 38.6 Å². The highest BCUT2D eigenvalue weighted by Crippen LogP contribution is 2.10. The van der Waals surface area contributed by atoms with E-state index in [9.17, 15) is 4.79 Å². The molecule has 1 unspecified atom stereocenters. The molecular weight excluding hydrogens is 302 g/mol. The lowest BCUT2D eigenvalue weighted by Gasteiger charge is -2.19. The highest BCUT2D eigenvalue weighted by Gasteiger charge is 2.25. The average molecular weight is 340 g/mol. The van der Waals surface area contributed by atoms with E-state index < -0.39 is 0 Å². The fourth-order valence-electron chi connectivity index (χ4n) is 3.02. The van der Waals surface area contributed by atoms with Crippen LogP contribution < -0.4 is 10.6 Å². The Balaban J connectivity index is 2.34. The van der Waals surface area contributed by atoms with Crippen LogP contribution in [0, 0.1) is 0 Å². The zero-order chi connectivity index (χ0) is 17.8. The van der Waals surface area contributed by atoms with Crippen LogP contribution >= 0.6 is 0 Å². The smallest absolute Gasteiger partial charge is 0.222 e. The normalized spacial score (nSPS) is 18.3. The molecule has 6 nitrogen and oxygen atoms in total. The summed E-state index contributed by atoms with van der Waals surface area (Å²) in [7, 11) is 0. The van der Waals surface area contributed by atoms with Crippen LogP contribution in [0.25, 0.3) is 0 Å². The van der Waals surface area contributed by atoms with E-state index in [-0.39, 0.29) is 5.91 Å². The summed E-state index contributed by atoms with van der Waals surface area (Å²) in [5.41, 5.74) is 0. The van der Waals surface area contributed by atoms with E-state index in [1.165, 1.54) is 6.42 Å². The summed E-state index contributed by atoms with van der Waals surface area (Å²) in [5.74, 6) is 1.13. The van der Waals surface area contributed by atoms with E-state index in [1.807, 2.05) is 11.8 Å². The molecule has 0 saturated carbocycles. The van der Waals surface area contributed by atoms with E-state index in [0.29, 0.717) is 12.5 Å². The number of rotatable bonds is 10. The first-order valence-electron chi connectivity index (χ1n) is 9.69. The summed E-state index contributed by atoms with van der Waals surface area (Å²) < 4.78 is 0. The van der Waals surface area contributed by atoms with Crippen molar-refractivity contribution in [2.24, 2.45) is 4.99 Å². The molecule has 140 valence electrons. The highest BCUT2D eigenvalue weighted by molar-refractivity contribution is 5.80. The number of hydrogen-bond acceptors (Lipinski definition) is 3. The van der Waals surface area contributed by atoms with Gasteiger partial charge < -0.3 is 20.4 Å². The first kappa shape index (κ1) is 20.7. The Labute approximate surface area is 148 Å². The summed E-state index contributed by atoms with van der Waals surface area (Å²) in [5, 5.41) is 6.80. The van der Waals surface area contributed by atoms with Gasteiger partial charge in [-0.2, -0.15) is 0 Å². The zero-order valence-corrected chi connectivity index (χ0v) is 16.1. The van der Waals surface area contributed by atoms with Crippen LogP contribution in [0.2, 0.25) is 0 Å². The third-order valence-corrected chi connectivity index (χ3v) is 4.58. The van der Waals surface area contributed by atoms with Crippen molar-refractivity contribution >= 4 is 11.9 Å². The Kier molecular flexibility index (Phi) is 10.5. The molecule has 1 saturated heterocycles. The van der Waals surface area contributed by atoms with Crippen LogP contribution in [0.1, 0.15) is 53.4 Å². The van der Waals surface area contributed by atoms with E-state index >= 15 is 0 Å². The first-order chi connectivity index (χ1) is 11.6. The molecule has 24 heavy (non-hydrogen) atoms. The number of carbonyl (C=O) groups excluding carboxylic acids is 1. The van der Waals surface area contributed by atoms with Gasteiger partial charge in [-0.25, -0.2) is 0 Å². The van der Waals surface area contributed by atoms with Gasteiger partial charge in [0.1, 0.15) is 0 Å². The molecule has 0 spiro atoms. The summed E-state index contributed by atoms with van der Waals surface area (Å²) in [4.78, 5) is 20.9. The summed E-state index contributed by atoms with van der Waals surface area (Å²) in [6.45, 7) is 15.2. The lowest BCUT2D eigenvalue weighted by Crippen LogP contribution is -2.45. The second-order valence-corrected chi connectivity index (χ2v) is 6.32. The quantitative estimate of drug-likeness (QED) is 0.361. The van der Waals surface area contributed by atoms with Gasteiger partial charge in [0.2, 0.25) is 5.91 Å². The number of hydrogen-bond donors (Lipinski definition) is 2. The zero-order valence-electron chi connectivity index (χ0n) is 16.1. The predicted octanol–water partition coefficient (Wildman–Crippen LogP) is 1.67. The average Bonchev–Trinajstić information content (AvgIpc) is 3.06. The summed E-state index contributed by atoms with van der Waals surface area (Å²) >= 11 is 0. The predicted molar refractivity (Wildman–Crippen MR) is 101 cm³/mol. The maximum absolute atomic E-state index is 11.8. The van der Waals surface area contributed by atoms with Crippen molar-refractivity contribution < 1.29 is 4.79 Å². The van der Waals surface area contributed by atoms with Gasteiger partial charge in [-0.15, -0.1) is 0 Å². The molecule has 1 rings (SSSR count). The number of nitrogens with one attached hydrogen (secondary N) is 2. The third-order valence-electron chi connectivity index (χ3n) is 4.58. The molecule has 1 aliphatic rings. The Hall–Kier alpha value is -1.30. The molecular formula is C18H37N5O. The van der Waals surface area contributed by atoms with Crippen LogP contribution in [-0.2, 0) is 4.79 Å². The fourth-order valence-corrected chi connectivity index (χ4v) is 3.02. The molecule has 1 amide bonds. The van der Waals surface area contributed by atoms with Crippen molar-refractivity contribution in [1.82, 2.24) is 20.4 Å². The molecule has 0 aromatic carbocycles. The van der Waals surface area contributed by atoms with Crippen molar-refractivity contribution in [3.8, 4) is 0 Å². The van der Waals surface area contributed by atoms with Crippen LogP contribution in [0.3, 0.4) is 0 Å². The largest absolute Gasteiger partial charge is 0.357 e. The van der Waals surface area contributed by atoms with Crippen molar-refractivity contribution in [1.29, 1.82) is 0 Å². The Morgan fingerprint density at radius 2 is 1.96 bits per heavy atom. The topological polar surface area (TPSA) is 60.0 Å². The van der Waals surface area contributed by atoms with E-state index in [1.54, 1.807) is 0 Å². The molecule has 0 aliphatic carbocycles. The molecule has 0 aromatic rings. The second kappa shape index (κ2) is 12.1. The van der Waals surface area contributed by atoms with Gasteiger partial charge in [-0.3, -0.25) is 9.79 Å². The molecule has 2 N–H and O–H groups in total. The third kappa shape index (κ3) is 7.51. The maximum atomic E-state index is 11.8.